The Morgan fingerprint density at radius 2 is 2.37 bits per heavy atom. The van der Waals surface area contributed by atoms with Gasteiger partial charge in [0.15, 0.2) is 0 Å². The molecule has 19 heavy (non-hydrogen) atoms. The number of carbonyl (C=O) groups is 1. The molecule has 0 aromatic carbocycles. The van der Waals surface area contributed by atoms with Gasteiger partial charge in [-0.1, -0.05) is 6.07 Å². The number of carboxylic acids is 1. The van der Waals surface area contributed by atoms with E-state index in [1.165, 1.54) is 6.20 Å². The molecule has 1 saturated heterocycles. The van der Waals surface area contributed by atoms with Crippen molar-refractivity contribution in [3.8, 4) is 0 Å². The molecule has 1 aromatic heterocycles. The van der Waals surface area contributed by atoms with E-state index in [0.29, 0.717) is 12.1 Å². The number of nitrogens with zero attached hydrogens (tertiary/aromatic N) is 2. The van der Waals surface area contributed by atoms with Gasteiger partial charge in [-0.3, -0.25) is 9.78 Å². The second kappa shape index (κ2) is 5.64. The molecule has 7 nitrogen and oxygen atoms in total. The molecule has 1 aliphatic rings. The van der Waals surface area contributed by atoms with E-state index < -0.39 is 22.0 Å². The van der Waals surface area contributed by atoms with Crippen LogP contribution in [0.3, 0.4) is 0 Å². The Labute approximate surface area is 111 Å². The number of pyridine rings is 1. The fourth-order valence-electron chi connectivity index (χ4n) is 2.01. The van der Waals surface area contributed by atoms with Crippen LogP contribution in [0, 0.1) is 0 Å². The van der Waals surface area contributed by atoms with Gasteiger partial charge in [0.05, 0.1) is 5.75 Å². The fraction of sp³-hybridized carbons (Fsp3) is 0.455. The van der Waals surface area contributed by atoms with Crippen LogP contribution >= 0.6 is 0 Å². The third-order valence-corrected chi connectivity index (χ3v) is 4.76. The maximum absolute atomic E-state index is 12.3. The predicted molar refractivity (Wildman–Crippen MR) is 67.9 cm³/mol. The van der Waals surface area contributed by atoms with E-state index >= 15 is 0 Å². The largest absolute Gasteiger partial charge is 0.480 e. The van der Waals surface area contributed by atoms with Gasteiger partial charge >= 0.3 is 5.97 Å². The van der Waals surface area contributed by atoms with Crippen LogP contribution in [-0.4, -0.2) is 54.5 Å². The number of hydrogen-bond donors (Lipinski definition) is 2. The number of hydrogen-bond acceptors (Lipinski definition) is 5. The topological polar surface area (TPSA) is 99.6 Å². The lowest BCUT2D eigenvalue weighted by Gasteiger charge is -2.32. The lowest BCUT2D eigenvalue weighted by molar-refractivity contribution is -0.141. The Bertz CT molecular complexity index is 546. The second-order valence-corrected chi connectivity index (χ2v) is 6.21. The van der Waals surface area contributed by atoms with E-state index in [1.807, 2.05) is 0 Å². The maximum Gasteiger partial charge on any atom is 0.323 e. The molecule has 104 valence electrons. The number of nitrogens with one attached hydrogen (secondary N) is 1. The summed E-state index contributed by atoms with van der Waals surface area (Å²) in [5.74, 6) is -1.37. The monoisotopic (exact) mass is 285 g/mol. The van der Waals surface area contributed by atoms with Crippen LogP contribution in [0.1, 0.15) is 5.56 Å². The summed E-state index contributed by atoms with van der Waals surface area (Å²) in [5, 5.41) is 12.0. The van der Waals surface area contributed by atoms with Crippen LogP contribution in [0.5, 0.6) is 0 Å². The van der Waals surface area contributed by atoms with Crippen LogP contribution in [0.25, 0.3) is 0 Å². The molecule has 2 heterocycles. The summed E-state index contributed by atoms with van der Waals surface area (Å²) in [6, 6.07) is 2.26. The molecule has 0 saturated carbocycles. The first-order valence-corrected chi connectivity index (χ1v) is 7.43. The zero-order valence-corrected chi connectivity index (χ0v) is 11.0. The summed E-state index contributed by atoms with van der Waals surface area (Å²) in [4.78, 5) is 15.0. The zero-order chi connectivity index (χ0) is 13.9. The number of aromatic nitrogens is 1. The molecule has 0 unspecified atom stereocenters. The Morgan fingerprint density at radius 3 is 3.00 bits per heavy atom. The van der Waals surface area contributed by atoms with Crippen LogP contribution in [0.2, 0.25) is 0 Å². The predicted octanol–water partition coefficient (Wildman–Crippen LogP) is -0.730. The van der Waals surface area contributed by atoms with Gasteiger partial charge in [0.1, 0.15) is 6.04 Å². The molecule has 1 fully saturated rings. The minimum atomic E-state index is -3.66. The average Bonchev–Trinajstić information content (AvgIpc) is 2.39. The first kappa shape index (κ1) is 13.9. The van der Waals surface area contributed by atoms with E-state index in [-0.39, 0.29) is 18.8 Å². The lowest BCUT2D eigenvalue weighted by atomic mass is 10.2. The number of aliphatic carboxylic acids is 1. The molecule has 8 heteroatoms. The van der Waals surface area contributed by atoms with Crippen LogP contribution in [0.15, 0.2) is 24.5 Å². The summed E-state index contributed by atoms with van der Waals surface area (Å²) in [6.45, 7) is 0.747. The Morgan fingerprint density at radius 1 is 1.58 bits per heavy atom. The van der Waals surface area contributed by atoms with E-state index in [9.17, 15) is 13.2 Å². The fourth-order valence-corrected chi connectivity index (χ4v) is 3.69. The quantitative estimate of drug-likeness (QED) is 0.756. The van der Waals surface area contributed by atoms with Crippen molar-refractivity contribution < 1.29 is 18.3 Å². The molecule has 1 aromatic rings. The summed E-state index contributed by atoms with van der Waals surface area (Å²) < 4.78 is 25.6. The molecular formula is C11H15N3O4S. The van der Waals surface area contributed by atoms with Gasteiger partial charge in [0.25, 0.3) is 0 Å². The molecule has 2 N–H and O–H groups in total. The minimum Gasteiger partial charge on any atom is -0.480 e. The van der Waals surface area contributed by atoms with Gasteiger partial charge in [0, 0.05) is 32.0 Å². The van der Waals surface area contributed by atoms with Gasteiger partial charge in [0.2, 0.25) is 10.0 Å². The molecule has 1 atom stereocenters. The third-order valence-electron chi connectivity index (χ3n) is 2.91. The van der Waals surface area contributed by atoms with Gasteiger partial charge in [-0.05, 0) is 11.6 Å². The highest BCUT2D eigenvalue weighted by molar-refractivity contribution is 7.88. The molecule has 0 bridgehead atoms. The van der Waals surface area contributed by atoms with Crippen molar-refractivity contribution in [1.82, 2.24) is 14.6 Å². The van der Waals surface area contributed by atoms with Gasteiger partial charge in [-0.25, -0.2) is 8.42 Å². The standard InChI is InChI=1S/C11H15N3O4S/c15-11(16)10-7-13-4-5-14(10)19(17,18)8-9-2-1-3-12-6-9/h1-3,6,10,13H,4-5,7-8H2,(H,15,16)/t10-/m1/s1. The minimum absolute atomic E-state index is 0.127. The van der Waals surface area contributed by atoms with E-state index in [0.717, 1.165) is 4.31 Å². The third kappa shape index (κ3) is 3.28. The lowest BCUT2D eigenvalue weighted by Crippen LogP contribution is -2.57. The van der Waals surface area contributed by atoms with Crippen molar-refractivity contribution in [3.63, 3.8) is 0 Å². The number of sulfonamides is 1. The summed E-state index contributed by atoms with van der Waals surface area (Å²) >= 11 is 0. The van der Waals surface area contributed by atoms with Crippen LogP contribution in [0.4, 0.5) is 0 Å². The Kier molecular flexibility index (Phi) is 4.13. The summed E-state index contributed by atoms with van der Waals surface area (Å²) in [6.07, 6.45) is 3.02. The highest BCUT2D eigenvalue weighted by atomic mass is 32.2. The zero-order valence-electron chi connectivity index (χ0n) is 10.2. The number of carboxylic acid groups (broad SMARTS) is 1. The van der Waals surface area contributed by atoms with Crippen molar-refractivity contribution in [2.24, 2.45) is 0 Å². The molecule has 2 rings (SSSR count). The SMILES string of the molecule is O=C(O)[C@H]1CNCCN1S(=O)(=O)Cc1cccnc1. The molecule has 0 aliphatic carbocycles. The molecule has 0 amide bonds. The molecule has 1 aliphatic heterocycles. The van der Waals surface area contributed by atoms with Crippen molar-refractivity contribution in [2.45, 2.75) is 11.8 Å². The van der Waals surface area contributed by atoms with E-state index in [2.05, 4.69) is 10.3 Å². The Hall–Kier alpha value is -1.51. The number of rotatable bonds is 4. The van der Waals surface area contributed by atoms with Gasteiger partial charge in [-0.2, -0.15) is 4.31 Å². The van der Waals surface area contributed by atoms with E-state index in [4.69, 9.17) is 5.11 Å². The average molecular weight is 285 g/mol. The molecule has 0 radical (unpaired) electrons. The van der Waals surface area contributed by atoms with Crippen molar-refractivity contribution >= 4 is 16.0 Å². The maximum atomic E-state index is 12.3. The van der Waals surface area contributed by atoms with Crippen molar-refractivity contribution in [1.29, 1.82) is 0 Å². The first-order valence-electron chi connectivity index (χ1n) is 5.82. The van der Waals surface area contributed by atoms with Crippen LogP contribution < -0.4 is 5.32 Å². The van der Waals surface area contributed by atoms with Crippen molar-refractivity contribution in [3.05, 3.63) is 30.1 Å². The Balaban J connectivity index is 2.20. The first-order chi connectivity index (χ1) is 9.00. The molecule has 0 spiro atoms. The summed E-state index contributed by atoms with van der Waals surface area (Å²) in [7, 11) is -3.66. The smallest absolute Gasteiger partial charge is 0.323 e. The van der Waals surface area contributed by atoms with Gasteiger partial charge in [-0.15, -0.1) is 0 Å². The summed E-state index contributed by atoms with van der Waals surface area (Å²) in [5.41, 5.74) is 0.546. The van der Waals surface area contributed by atoms with E-state index in [1.54, 1.807) is 18.3 Å². The molecular weight excluding hydrogens is 270 g/mol. The highest BCUT2D eigenvalue weighted by Gasteiger charge is 2.36. The van der Waals surface area contributed by atoms with Crippen LogP contribution in [-0.2, 0) is 20.6 Å². The highest BCUT2D eigenvalue weighted by Crippen LogP contribution is 2.15. The van der Waals surface area contributed by atoms with Crippen molar-refractivity contribution in [2.75, 3.05) is 19.6 Å². The normalized spacial score (nSPS) is 21.2. The second-order valence-electron chi connectivity index (χ2n) is 4.29. The van der Waals surface area contributed by atoms with Gasteiger partial charge < -0.3 is 10.4 Å². The number of piperazine rings is 1.